The highest BCUT2D eigenvalue weighted by atomic mass is 127. The number of guanidine groups is 1. The molecule has 1 rings (SSSR count). The highest BCUT2D eigenvalue weighted by molar-refractivity contribution is 14.0. The van der Waals surface area contributed by atoms with Gasteiger partial charge in [0.25, 0.3) is 0 Å². The number of sulfone groups is 1. The summed E-state index contributed by atoms with van der Waals surface area (Å²) >= 11 is 0. The molecule has 0 aliphatic heterocycles. The van der Waals surface area contributed by atoms with Gasteiger partial charge in [0.05, 0.1) is 11.3 Å². The molecule has 6 nitrogen and oxygen atoms in total. The molecule has 0 atom stereocenters. The van der Waals surface area contributed by atoms with Crippen LogP contribution in [0.3, 0.4) is 0 Å². The smallest absolute Gasteiger partial charge is 0.191 e. The minimum Gasteiger partial charge on any atom is -0.382 e. The van der Waals surface area contributed by atoms with Crippen LogP contribution in [0.4, 0.5) is 0 Å². The van der Waals surface area contributed by atoms with Gasteiger partial charge in [0.15, 0.2) is 15.8 Å². The Hall–Kier alpha value is -0.0900. The third-order valence-corrected chi connectivity index (χ3v) is 7.38. The van der Waals surface area contributed by atoms with Crippen molar-refractivity contribution in [3.8, 4) is 0 Å². The molecule has 0 aromatic rings. The van der Waals surface area contributed by atoms with Crippen molar-refractivity contribution in [2.45, 2.75) is 64.5 Å². The van der Waals surface area contributed by atoms with Crippen LogP contribution in [0.25, 0.3) is 0 Å². The second-order valence-corrected chi connectivity index (χ2v) is 10.4. The molecule has 26 heavy (non-hydrogen) atoms. The van der Waals surface area contributed by atoms with Gasteiger partial charge in [-0.2, -0.15) is 0 Å². The zero-order valence-electron chi connectivity index (χ0n) is 17.1. The van der Waals surface area contributed by atoms with Crippen molar-refractivity contribution in [2.24, 2.45) is 10.4 Å². The third-order valence-electron chi connectivity index (χ3n) is 5.24. The average Bonchev–Trinajstić information content (AvgIpc) is 2.98. The van der Waals surface area contributed by atoms with Gasteiger partial charge < -0.3 is 15.4 Å². The van der Waals surface area contributed by atoms with Crippen molar-refractivity contribution in [3.05, 3.63) is 0 Å². The fraction of sp³-hybridized carbons (Fsp3) is 0.944. The van der Waals surface area contributed by atoms with E-state index < -0.39 is 14.6 Å². The van der Waals surface area contributed by atoms with Crippen molar-refractivity contribution >= 4 is 39.8 Å². The van der Waals surface area contributed by atoms with Gasteiger partial charge in [-0.1, -0.05) is 12.8 Å². The molecule has 0 bridgehead atoms. The standard InChI is InChI=1S/C18H37N3O3S.HI/c1-6-19-16(20-14-17(3,4)25(5,22)23)21-15-18(10-8-9-11-18)12-13-24-7-2;/h6-15H2,1-5H3,(H2,19,20,21);1H. The van der Waals surface area contributed by atoms with E-state index in [4.69, 9.17) is 4.74 Å². The number of rotatable bonds is 10. The third kappa shape index (κ3) is 8.29. The summed E-state index contributed by atoms with van der Waals surface area (Å²) in [7, 11) is -3.15. The summed E-state index contributed by atoms with van der Waals surface area (Å²) < 4.78 is 28.4. The van der Waals surface area contributed by atoms with E-state index in [0.717, 1.165) is 32.7 Å². The molecule has 2 N–H and O–H groups in total. The molecule has 1 aliphatic carbocycles. The number of ether oxygens (including phenoxy) is 1. The van der Waals surface area contributed by atoms with E-state index >= 15 is 0 Å². The second kappa shape index (κ2) is 11.7. The quantitative estimate of drug-likeness (QED) is 0.208. The number of hydrogen-bond donors (Lipinski definition) is 2. The number of halogens is 1. The summed E-state index contributed by atoms with van der Waals surface area (Å²) in [6.07, 6.45) is 7.28. The molecule has 0 aromatic heterocycles. The van der Waals surface area contributed by atoms with E-state index in [2.05, 4.69) is 15.6 Å². The van der Waals surface area contributed by atoms with Gasteiger partial charge in [-0.25, -0.2) is 8.42 Å². The number of nitrogens with zero attached hydrogens (tertiary/aromatic N) is 1. The summed E-state index contributed by atoms with van der Waals surface area (Å²) in [5.74, 6) is 0.696. The minimum absolute atomic E-state index is 0. The lowest BCUT2D eigenvalue weighted by Gasteiger charge is -2.30. The SMILES string of the molecule is CCNC(=NCC(C)(C)S(C)(=O)=O)NCC1(CCOCC)CCCC1.I. The lowest BCUT2D eigenvalue weighted by molar-refractivity contribution is 0.105. The van der Waals surface area contributed by atoms with Crippen LogP contribution in [0.5, 0.6) is 0 Å². The number of nitrogens with one attached hydrogen (secondary N) is 2. The zero-order valence-corrected chi connectivity index (χ0v) is 20.2. The number of aliphatic imine (C=N–C) groups is 1. The van der Waals surface area contributed by atoms with Gasteiger partial charge in [0.2, 0.25) is 0 Å². The summed E-state index contributed by atoms with van der Waals surface area (Å²) in [4.78, 5) is 4.52. The van der Waals surface area contributed by atoms with Crippen LogP contribution in [0.15, 0.2) is 4.99 Å². The lowest BCUT2D eigenvalue weighted by Crippen LogP contribution is -2.44. The van der Waals surface area contributed by atoms with E-state index in [-0.39, 0.29) is 35.9 Å². The Morgan fingerprint density at radius 3 is 2.31 bits per heavy atom. The van der Waals surface area contributed by atoms with E-state index in [1.54, 1.807) is 13.8 Å². The van der Waals surface area contributed by atoms with E-state index in [1.807, 2.05) is 13.8 Å². The Labute approximate surface area is 177 Å². The molecule has 0 radical (unpaired) electrons. The minimum atomic E-state index is -3.15. The molecule has 1 saturated carbocycles. The van der Waals surface area contributed by atoms with Crippen molar-refractivity contribution in [2.75, 3.05) is 39.1 Å². The molecule has 8 heteroatoms. The normalized spacial score (nSPS) is 17.7. The van der Waals surface area contributed by atoms with Crippen molar-refractivity contribution in [3.63, 3.8) is 0 Å². The molecule has 0 saturated heterocycles. The molecule has 0 unspecified atom stereocenters. The van der Waals surface area contributed by atoms with Crippen molar-refractivity contribution in [1.29, 1.82) is 0 Å². The Morgan fingerprint density at radius 1 is 1.19 bits per heavy atom. The maximum atomic E-state index is 11.9. The van der Waals surface area contributed by atoms with E-state index in [9.17, 15) is 8.42 Å². The van der Waals surface area contributed by atoms with Gasteiger partial charge in [0, 0.05) is 32.6 Å². The first kappa shape index (κ1) is 25.9. The van der Waals surface area contributed by atoms with Crippen molar-refractivity contribution < 1.29 is 13.2 Å². The maximum Gasteiger partial charge on any atom is 0.191 e. The molecule has 0 spiro atoms. The molecule has 0 amide bonds. The molecule has 1 fully saturated rings. The summed E-state index contributed by atoms with van der Waals surface area (Å²) in [6, 6.07) is 0. The molecule has 1 aliphatic rings. The Morgan fingerprint density at radius 2 is 1.81 bits per heavy atom. The second-order valence-electron chi connectivity index (χ2n) is 7.73. The predicted octanol–water partition coefficient (Wildman–Crippen LogP) is 2.97. The molecule has 156 valence electrons. The van der Waals surface area contributed by atoms with Crippen molar-refractivity contribution in [1.82, 2.24) is 10.6 Å². The van der Waals surface area contributed by atoms with Gasteiger partial charge in [-0.15, -0.1) is 24.0 Å². The summed E-state index contributed by atoms with van der Waals surface area (Å²) in [6.45, 7) is 10.9. The van der Waals surface area contributed by atoms with E-state index in [0.29, 0.717) is 5.96 Å². The van der Waals surface area contributed by atoms with Crippen LogP contribution in [0.2, 0.25) is 0 Å². The highest BCUT2D eigenvalue weighted by Gasteiger charge is 2.34. The zero-order chi connectivity index (χ0) is 19.0. The fourth-order valence-electron chi connectivity index (χ4n) is 3.07. The van der Waals surface area contributed by atoms with Crippen LogP contribution in [0, 0.1) is 5.41 Å². The Kier molecular flexibility index (Phi) is 11.6. The van der Waals surface area contributed by atoms with Crippen LogP contribution in [-0.4, -0.2) is 58.2 Å². The molecule has 0 heterocycles. The highest BCUT2D eigenvalue weighted by Crippen LogP contribution is 2.40. The first-order chi connectivity index (χ1) is 11.7. The van der Waals surface area contributed by atoms with Crippen LogP contribution in [0.1, 0.15) is 59.8 Å². The van der Waals surface area contributed by atoms with Crippen LogP contribution >= 0.6 is 24.0 Å². The summed E-state index contributed by atoms with van der Waals surface area (Å²) in [5.41, 5.74) is 0.262. The van der Waals surface area contributed by atoms with Gasteiger partial charge in [0.1, 0.15) is 0 Å². The first-order valence-electron chi connectivity index (χ1n) is 9.45. The average molecular weight is 503 g/mol. The topological polar surface area (TPSA) is 79.8 Å². The molecular weight excluding hydrogens is 465 g/mol. The Balaban J connectivity index is 0.00000625. The van der Waals surface area contributed by atoms with Crippen LogP contribution < -0.4 is 10.6 Å². The molecule has 0 aromatic carbocycles. The van der Waals surface area contributed by atoms with Crippen LogP contribution in [-0.2, 0) is 14.6 Å². The first-order valence-corrected chi connectivity index (χ1v) is 11.3. The Bertz CT molecular complexity index is 530. The largest absolute Gasteiger partial charge is 0.382 e. The lowest BCUT2D eigenvalue weighted by atomic mass is 9.83. The summed E-state index contributed by atoms with van der Waals surface area (Å²) in [5, 5.41) is 6.67. The van der Waals surface area contributed by atoms with Gasteiger partial charge >= 0.3 is 0 Å². The van der Waals surface area contributed by atoms with Gasteiger partial charge in [-0.05, 0) is 52.4 Å². The maximum absolute atomic E-state index is 11.9. The number of hydrogen-bond acceptors (Lipinski definition) is 4. The van der Waals surface area contributed by atoms with E-state index in [1.165, 1.54) is 31.9 Å². The fourth-order valence-corrected chi connectivity index (χ4v) is 3.37. The van der Waals surface area contributed by atoms with Gasteiger partial charge in [-0.3, -0.25) is 4.99 Å². The predicted molar refractivity (Wildman–Crippen MR) is 120 cm³/mol. The monoisotopic (exact) mass is 503 g/mol. The molecular formula is C18H38IN3O3S.